The number of nitro benzene ring substituents is 2. The van der Waals surface area contributed by atoms with Gasteiger partial charge in [0.1, 0.15) is 0 Å². The molecule has 29 heavy (non-hydrogen) atoms. The van der Waals surface area contributed by atoms with Crippen molar-refractivity contribution in [2.75, 3.05) is 0 Å². The quantitative estimate of drug-likeness (QED) is 0.319. The summed E-state index contributed by atoms with van der Waals surface area (Å²) in [5, 5.41) is 22.4. The second-order valence-electron chi connectivity index (χ2n) is 5.80. The Hall–Kier alpha value is -2.83. The molecule has 0 unspecified atom stereocenters. The van der Waals surface area contributed by atoms with E-state index in [0.29, 0.717) is 23.9 Å². The summed E-state index contributed by atoms with van der Waals surface area (Å²) in [4.78, 5) is 20.2. The molecule has 0 radical (unpaired) electrons. The van der Waals surface area contributed by atoms with Crippen LogP contribution in [-0.2, 0) is 12.8 Å². The van der Waals surface area contributed by atoms with Gasteiger partial charge in [0.25, 0.3) is 11.4 Å². The van der Waals surface area contributed by atoms with Gasteiger partial charge < -0.3 is 0 Å². The first kappa shape index (κ1) is 22.5. The van der Waals surface area contributed by atoms with Gasteiger partial charge in [0, 0.05) is 12.1 Å². The standard InChI is InChI=1S/C16H10F6N2O4S/c17-15(18,19)7-9-1-3-13(11(5-9)23(25)26)29-14-4-2-10(8-16(20,21)22)6-12(14)24(27)28/h1-6H,7-8H2. The maximum absolute atomic E-state index is 12.5. The number of halogens is 6. The van der Waals surface area contributed by atoms with Gasteiger partial charge in [-0.25, -0.2) is 0 Å². The first-order valence-electron chi connectivity index (χ1n) is 7.61. The Labute approximate surface area is 162 Å². The predicted molar refractivity (Wildman–Crippen MR) is 89.8 cm³/mol. The fourth-order valence-electron chi connectivity index (χ4n) is 2.39. The maximum atomic E-state index is 12.5. The molecule has 0 heterocycles. The molecule has 156 valence electrons. The van der Waals surface area contributed by atoms with E-state index in [2.05, 4.69) is 0 Å². The highest BCUT2D eigenvalue weighted by Crippen LogP contribution is 2.41. The Kier molecular flexibility index (Phi) is 6.40. The van der Waals surface area contributed by atoms with Gasteiger partial charge >= 0.3 is 12.4 Å². The Balaban J connectivity index is 2.42. The van der Waals surface area contributed by atoms with Crippen LogP contribution in [-0.4, -0.2) is 22.2 Å². The molecule has 2 rings (SSSR count). The molecule has 0 saturated carbocycles. The maximum Gasteiger partial charge on any atom is 0.393 e. The molecule has 13 heteroatoms. The summed E-state index contributed by atoms with van der Waals surface area (Å²) in [6.07, 6.45) is -12.0. The van der Waals surface area contributed by atoms with Crippen LogP contribution in [0.25, 0.3) is 0 Å². The van der Waals surface area contributed by atoms with Gasteiger partial charge in [-0.3, -0.25) is 20.2 Å². The molecule has 2 aromatic rings. The van der Waals surface area contributed by atoms with E-state index in [-0.39, 0.29) is 20.9 Å². The first-order chi connectivity index (χ1) is 13.2. The summed E-state index contributed by atoms with van der Waals surface area (Å²) in [5.41, 5.74) is -2.15. The lowest BCUT2D eigenvalue weighted by Crippen LogP contribution is -2.11. The molecule has 0 saturated heterocycles. The first-order valence-corrected chi connectivity index (χ1v) is 8.43. The van der Waals surface area contributed by atoms with Crippen LogP contribution < -0.4 is 0 Å². The van der Waals surface area contributed by atoms with Crippen molar-refractivity contribution in [3.8, 4) is 0 Å². The predicted octanol–water partition coefficient (Wildman–Crippen LogP) is 5.86. The Morgan fingerprint density at radius 2 is 1.07 bits per heavy atom. The normalized spacial score (nSPS) is 12.1. The molecule has 0 amide bonds. The van der Waals surface area contributed by atoms with E-state index in [9.17, 15) is 46.6 Å². The summed E-state index contributed by atoms with van der Waals surface area (Å²) in [5.74, 6) is 0. The summed E-state index contributed by atoms with van der Waals surface area (Å²) < 4.78 is 74.9. The van der Waals surface area contributed by atoms with E-state index in [1.54, 1.807) is 0 Å². The topological polar surface area (TPSA) is 86.3 Å². The lowest BCUT2D eigenvalue weighted by atomic mass is 10.1. The van der Waals surface area contributed by atoms with Crippen LogP contribution in [0.3, 0.4) is 0 Å². The van der Waals surface area contributed by atoms with Crippen LogP contribution in [0.4, 0.5) is 37.7 Å². The van der Waals surface area contributed by atoms with Crippen molar-refractivity contribution in [2.24, 2.45) is 0 Å². The number of hydrogen-bond acceptors (Lipinski definition) is 5. The smallest absolute Gasteiger partial charge is 0.258 e. The van der Waals surface area contributed by atoms with Crippen LogP contribution >= 0.6 is 11.8 Å². The average molecular weight is 440 g/mol. The zero-order valence-electron chi connectivity index (χ0n) is 14.1. The summed E-state index contributed by atoms with van der Waals surface area (Å²) >= 11 is 0.505. The second-order valence-corrected chi connectivity index (χ2v) is 6.89. The van der Waals surface area contributed by atoms with Crippen molar-refractivity contribution in [3.05, 3.63) is 67.8 Å². The van der Waals surface area contributed by atoms with Gasteiger partial charge in [-0.1, -0.05) is 23.9 Å². The Morgan fingerprint density at radius 1 is 0.724 bits per heavy atom. The minimum absolute atomic E-state index is 0.187. The van der Waals surface area contributed by atoms with Gasteiger partial charge in [0.15, 0.2) is 0 Å². The SMILES string of the molecule is O=[N+]([O-])c1cc(CC(F)(F)F)ccc1Sc1ccc(CC(F)(F)F)cc1[N+](=O)[O-]. The number of benzene rings is 2. The Bertz CT molecular complexity index is 870. The molecule has 2 aromatic carbocycles. The molecule has 0 bridgehead atoms. The third-order valence-corrected chi connectivity index (χ3v) is 4.60. The van der Waals surface area contributed by atoms with Gasteiger partial charge in [-0.15, -0.1) is 0 Å². The van der Waals surface area contributed by atoms with Crippen molar-refractivity contribution < 1.29 is 36.2 Å². The fraction of sp³-hybridized carbons (Fsp3) is 0.250. The van der Waals surface area contributed by atoms with E-state index in [0.717, 1.165) is 24.3 Å². The van der Waals surface area contributed by atoms with Crippen molar-refractivity contribution in [1.29, 1.82) is 0 Å². The lowest BCUT2D eigenvalue weighted by Gasteiger charge is -2.10. The van der Waals surface area contributed by atoms with E-state index < -0.39 is 46.4 Å². The molecule has 0 N–H and O–H groups in total. The van der Waals surface area contributed by atoms with Crippen LogP contribution in [0.1, 0.15) is 11.1 Å². The molecular weight excluding hydrogens is 430 g/mol. The van der Waals surface area contributed by atoms with E-state index in [4.69, 9.17) is 0 Å². The summed E-state index contributed by atoms with van der Waals surface area (Å²) in [7, 11) is 0. The second kappa shape index (κ2) is 8.27. The fourth-order valence-corrected chi connectivity index (χ4v) is 3.37. The van der Waals surface area contributed by atoms with E-state index in [1.165, 1.54) is 0 Å². The number of rotatable bonds is 6. The van der Waals surface area contributed by atoms with Crippen molar-refractivity contribution in [2.45, 2.75) is 35.0 Å². The molecule has 0 spiro atoms. The van der Waals surface area contributed by atoms with Crippen molar-refractivity contribution in [1.82, 2.24) is 0 Å². The third kappa shape index (κ3) is 6.62. The van der Waals surface area contributed by atoms with E-state index >= 15 is 0 Å². The highest BCUT2D eigenvalue weighted by Gasteiger charge is 2.31. The molecule has 0 fully saturated rings. The molecular formula is C16H10F6N2O4S. The van der Waals surface area contributed by atoms with Crippen LogP contribution in [0, 0.1) is 20.2 Å². The zero-order valence-corrected chi connectivity index (χ0v) is 14.9. The highest BCUT2D eigenvalue weighted by atomic mass is 32.2. The minimum Gasteiger partial charge on any atom is -0.258 e. The van der Waals surface area contributed by atoms with Crippen LogP contribution in [0.2, 0.25) is 0 Å². The molecule has 0 atom stereocenters. The van der Waals surface area contributed by atoms with Gasteiger partial charge in [-0.05, 0) is 23.3 Å². The zero-order chi connectivity index (χ0) is 22.0. The largest absolute Gasteiger partial charge is 0.393 e. The van der Waals surface area contributed by atoms with Gasteiger partial charge in [0.2, 0.25) is 0 Å². The molecule has 0 aromatic heterocycles. The average Bonchev–Trinajstić information content (AvgIpc) is 2.54. The number of hydrogen-bond donors (Lipinski definition) is 0. The summed E-state index contributed by atoms with van der Waals surface area (Å²) in [6.45, 7) is 0. The van der Waals surface area contributed by atoms with Crippen LogP contribution in [0.5, 0.6) is 0 Å². The minimum atomic E-state index is -4.59. The molecule has 0 aliphatic carbocycles. The molecule has 0 aliphatic rings. The van der Waals surface area contributed by atoms with Crippen LogP contribution in [0.15, 0.2) is 46.2 Å². The number of nitro groups is 2. The third-order valence-electron chi connectivity index (χ3n) is 3.47. The monoisotopic (exact) mass is 440 g/mol. The van der Waals surface area contributed by atoms with Crippen molar-refractivity contribution >= 4 is 23.1 Å². The van der Waals surface area contributed by atoms with Gasteiger partial charge in [0.05, 0.1) is 32.5 Å². The van der Waals surface area contributed by atoms with Gasteiger partial charge in [-0.2, -0.15) is 26.3 Å². The Morgan fingerprint density at radius 3 is 1.34 bits per heavy atom. The highest BCUT2D eigenvalue weighted by molar-refractivity contribution is 7.99. The summed E-state index contributed by atoms with van der Waals surface area (Å²) in [6, 6.07) is 5.42. The van der Waals surface area contributed by atoms with Crippen molar-refractivity contribution in [3.63, 3.8) is 0 Å². The van der Waals surface area contributed by atoms with E-state index in [1.807, 2.05) is 0 Å². The lowest BCUT2D eigenvalue weighted by molar-refractivity contribution is -0.388. The number of alkyl halides is 6. The molecule has 0 aliphatic heterocycles. The number of nitrogens with zero attached hydrogens (tertiary/aromatic N) is 2. The molecule has 6 nitrogen and oxygen atoms in total.